The van der Waals surface area contributed by atoms with Crippen LogP contribution in [0.25, 0.3) is 0 Å². The van der Waals surface area contributed by atoms with E-state index in [9.17, 15) is 19.1 Å². The number of benzene rings is 1. The summed E-state index contributed by atoms with van der Waals surface area (Å²) >= 11 is 5.96. The van der Waals surface area contributed by atoms with Gasteiger partial charge in [-0.15, -0.1) is 0 Å². The SMILES string of the molecule is CC(C)C(=O)C(=O)Nc1cc(OC2CCC(O)C2)c(Cl)cc1F. The number of carbonyl (C=O) groups excluding carboxylic acids is 2. The lowest BCUT2D eigenvalue weighted by Crippen LogP contribution is -2.27. The zero-order valence-electron chi connectivity index (χ0n) is 12.9. The van der Waals surface area contributed by atoms with Gasteiger partial charge in [0.25, 0.3) is 5.91 Å². The maximum absolute atomic E-state index is 13.9. The molecule has 1 aliphatic rings. The molecule has 0 bridgehead atoms. The molecule has 2 N–H and O–H groups in total. The fourth-order valence-corrected chi connectivity index (χ4v) is 2.56. The highest BCUT2D eigenvalue weighted by molar-refractivity contribution is 6.41. The summed E-state index contributed by atoms with van der Waals surface area (Å²) in [5.74, 6) is -2.55. The standard InChI is InChI=1S/C16H19ClFNO4/c1-8(2)15(21)16(22)19-13-7-14(11(17)6-12(13)18)23-10-4-3-9(20)5-10/h6-10,20H,3-5H2,1-2H3,(H,19,22). The quantitative estimate of drug-likeness (QED) is 0.806. The predicted molar refractivity (Wildman–Crippen MR) is 84.2 cm³/mol. The first-order valence-corrected chi connectivity index (χ1v) is 7.84. The maximum Gasteiger partial charge on any atom is 0.292 e. The minimum atomic E-state index is -0.886. The highest BCUT2D eigenvalue weighted by atomic mass is 35.5. The van der Waals surface area contributed by atoms with Crippen LogP contribution in [0.5, 0.6) is 5.75 Å². The van der Waals surface area contributed by atoms with Gasteiger partial charge in [-0.05, 0) is 18.9 Å². The minimum absolute atomic E-state index is 0.0667. The summed E-state index contributed by atoms with van der Waals surface area (Å²) in [4.78, 5) is 23.4. The van der Waals surface area contributed by atoms with E-state index in [2.05, 4.69) is 5.32 Å². The first-order chi connectivity index (χ1) is 10.8. The van der Waals surface area contributed by atoms with Crippen LogP contribution in [0.15, 0.2) is 12.1 Å². The lowest BCUT2D eigenvalue weighted by Gasteiger charge is -2.16. The van der Waals surface area contributed by atoms with Crippen molar-refractivity contribution < 1.29 is 23.8 Å². The van der Waals surface area contributed by atoms with Crippen molar-refractivity contribution in [2.45, 2.75) is 45.3 Å². The van der Waals surface area contributed by atoms with Gasteiger partial charge in [0.15, 0.2) is 0 Å². The van der Waals surface area contributed by atoms with Crippen LogP contribution in [0.3, 0.4) is 0 Å². The van der Waals surface area contributed by atoms with E-state index in [1.54, 1.807) is 13.8 Å². The van der Waals surface area contributed by atoms with Gasteiger partial charge in [0.2, 0.25) is 5.78 Å². The molecule has 1 saturated carbocycles. The fourth-order valence-electron chi connectivity index (χ4n) is 2.37. The minimum Gasteiger partial charge on any atom is -0.489 e. The first-order valence-electron chi connectivity index (χ1n) is 7.47. The van der Waals surface area contributed by atoms with E-state index in [4.69, 9.17) is 16.3 Å². The van der Waals surface area contributed by atoms with Crippen LogP contribution in [0.2, 0.25) is 5.02 Å². The highest BCUT2D eigenvalue weighted by Crippen LogP contribution is 2.34. The van der Waals surface area contributed by atoms with Crippen LogP contribution in [-0.2, 0) is 9.59 Å². The molecule has 0 saturated heterocycles. The summed E-state index contributed by atoms with van der Waals surface area (Å²) in [6.07, 6.45) is 1.15. The van der Waals surface area contributed by atoms with Crippen molar-refractivity contribution in [3.05, 3.63) is 23.0 Å². The number of nitrogens with one attached hydrogen (secondary N) is 1. The van der Waals surface area contributed by atoms with Gasteiger partial charge in [0.1, 0.15) is 17.7 Å². The Kier molecular flexibility index (Phi) is 5.59. The first kappa shape index (κ1) is 17.7. The van der Waals surface area contributed by atoms with Gasteiger partial charge in [0.05, 0.1) is 16.8 Å². The molecule has 0 radical (unpaired) electrons. The Morgan fingerprint density at radius 3 is 2.65 bits per heavy atom. The molecule has 7 heteroatoms. The lowest BCUT2D eigenvalue weighted by molar-refractivity contribution is -0.136. The molecule has 2 atom stereocenters. The van der Waals surface area contributed by atoms with Crippen molar-refractivity contribution in [3.63, 3.8) is 0 Å². The number of anilines is 1. The molecule has 1 amide bonds. The molecule has 1 fully saturated rings. The Morgan fingerprint density at radius 2 is 2.09 bits per heavy atom. The van der Waals surface area contributed by atoms with Gasteiger partial charge in [-0.25, -0.2) is 4.39 Å². The Bertz CT molecular complexity index is 620. The van der Waals surface area contributed by atoms with Crippen molar-refractivity contribution in [2.75, 3.05) is 5.32 Å². The van der Waals surface area contributed by atoms with Crippen LogP contribution in [0.4, 0.5) is 10.1 Å². The van der Waals surface area contributed by atoms with Crippen molar-refractivity contribution in [3.8, 4) is 5.75 Å². The average Bonchev–Trinajstić information content (AvgIpc) is 2.88. The molecule has 1 aromatic carbocycles. The summed E-state index contributed by atoms with van der Waals surface area (Å²) in [5, 5.41) is 11.8. The second-order valence-electron chi connectivity index (χ2n) is 5.94. The van der Waals surface area contributed by atoms with Crippen LogP contribution < -0.4 is 10.1 Å². The van der Waals surface area contributed by atoms with Crippen LogP contribution >= 0.6 is 11.6 Å². The molecular weight excluding hydrogens is 325 g/mol. The van der Waals surface area contributed by atoms with Gasteiger partial charge in [-0.1, -0.05) is 25.4 Å². The zero-order valence-corrected chi connectivity index (χ0v) is 13.7. The summed E-state index contributed by atoms with van der Waals surface area (Å²) in [7, 11) is 0. The number of aliphatic hydroxyl groups is 1. The fraction of sp³-hybridized carbons (Fsp3) is 0.500. The molecule has 2 rings (SSSR count). The van der Waals surface area contributed by atoms with Crippen molar-refractivity contribution >= 4 is 29.0 Å². The molecule has 126 valence electrons. The number of ketones is 1. The molecule has 2 unspecified atom stereocenters. The van der Waals surface area contributed by atoms with Gasteiger partial charge in [-0.2, -0.15) is 0 Å². The molecule has 1 aliphatic carbocycles. The van der Waals surface area contributed by atoms with Crippen LogP contribution in [-0.4, -0.2) is 29.0 Å². The van der Waals surface area contributed by atoms with Crippen molar-refractivity contribution in [1.82, 2.24) is 0 Å². The van der Waals surface area contributed by atoms with E-state index in [-0.39, 0.29) is 22.6 Å². The molecule has 0 aliphatic heterocycles. The second-order valence-corrected chi connectivity index (χ2v) is 6.35. The Labute approximate surface area is 138 Å². The van der Waals surface area contributed by atoms with Gasteiger partial charge >= 0.3 is 0 Å². The Morgan fingerprint density at radius 1 is 1.39 bits per heavy atom. The number of hydrogen-bond acceptors (Lipinski definition) is 4. The van der Waals surface area contributed by atoms with Gasteiger partial charge in [0, 0.05) is 18.4 Å². The van der Waals surface area contributed by atoms with E-state index >= 15 is 0 Å². The normalized spacial score (nSPS) is 20.6. The molecular formula is C16H19ClFNO4. The molecule has 23 heavy (non-hydrogen) atoms. The maximum atomic E-state index is 13.9. The van der Waals surface area contributed by atoms with Crippen LogP contribution in [0.1, 0.15) is 33.1 Å². The molecule has 0 heterocycles. The van der Waals surface area contributed by atoms with E-state index in [1.807, 2.05) is 0 Å². The van der Waals surface area contributed by atoms with E-state index in [1.165, 1.54) is 6.07 Å². The number of halogens is 2. The molecule has 5 nitrogen and oxygen atoms in total. The number of amides is 1. The van der Waals surface area contributed by atoms with Crippen molar-refractivity contribution in [1.29, 1.82) is 0 Å². The second kappa shape index (κ2) is 7.27. The number of hydrogen-bond donors (Lipinski definition) is 2. The van der Waals surface area contributed by atoms with E-state index < -0.39 is 29.5 Å². The number of carbonyl (C=O) groups is 2. The third-order valence-corrected chi connectivity index (χ3v) is 3.96. The number of aliphatic hydroxyl groups excluding tert-OH is 1. The summed E-state index contributed by atoms with van der Waals surface area (Å²) in [5.41, 5.74) is -0.165. The average molecular weight is 344 g/mol. The molecule has 0 aromatic heterocycles. The zero-order chi connectivity index (χ0) is 17.1. The summed E-state index contributed by atoms with van der Waals surface area (Å²) < 4.78 is 19.6. The Balaban J connectivity index is 2.15. The van der Waals surface area contributed by atoms with Crippen LogP contribution in [0, 0.1) is 11.7 Å². The predicted octanol–water partition coefficient (Wildman–Crippen LogP) is 2.93. The van der Waals surface area contributed by atoms with Gasteiger partial charge < -0.3 is 15.2 Å². The molecule has 0 spiro atoms. The Hall–Kier alpha value is -1.66. The largest absolute Gasteiger partial charge is 0.489 e. The summed E-state index contributed by atoms with van der Waals surface area (Å²) in [6, 6.07) is 2.28. The summed E-state index contributed by atoms with van der Waals surface area (Å²) in [6.45, 7) is 3.17. The molecule has 1 aromatic rings. The van der Waals surface area contributed by atoms with E-state index in [0.717, 1.165) is 6.07 Å². The number of Topliss-reactive ketones (excluding diaryl/α,β-unsaturated/α-hetero) is 1. The topological polar surface area (TPSA) is 75.6 Å². The van der Waals surface area contributed by atoms with E-state index in [0.29, 0.717) is 19.3 Å². The van der Waals surface area contributed by atoms with Gasteiger partial charge in [-0.3, -0.25) is 9.59 Å². The lowest BCUT2D eigenvalue weighted by atomic mass is 10.1. The monoisotopic (exact) mass is 343 g/mol. The number of rotatable bonds is 5. The third kappa shape index (κ3) is 4.42. The van der Waals surface area contributed by atoms with Crippen molar-refractivity contribution in [2.24, 2.45) is 5.92 Å². The number of ether oxygens (including phenoxy) is 1. The smallest absolute Gasteiger partial charge is 0.292 e. The third-order valence-electron chi connectivity index (χ3n) is 3.67. The highest BCUT2D eigenvalue weighted by Gasteiger charge is 2.26.